The van der Waals surface area contributed by atoms with Crippen LogP contribution in [0.3, 0.4) is 0 Å². The Hall–Kier alpha value is -1.63. The second-order valence-electron chi connectivity index (χ2n) is 7.49. The number of hydrogen-bond donors (Lipinski definition) is 1. The lowest BCUT2D eigenvalue weighted by molar-refractivity contribution is -0.157. The molecule has 0 aromatic heterocycles. The molecule has 2 aliphatic heterocycles. The quantitative estimate of drug-likeness (QED) is 0.670. The van der Waals surface area contributed by atoms with Crippen molar-refractivity contribution in [2.45, 2.75) is 52.4 Å². The fourth-order valence-corrected chi connectivity index (χ4v) is 4.10. The molecule has 0 bridgehead atoms. The zero-order valence-electron chi connectivity index (χ0n) is 16.0. The molecule has 2 aliphatic rings. The fraction of sp³-hybridized carbons (Fsp3) is 0.842. The average molecular weight is 368 g/mol. The number of amides is 2. The highest BCUT2D eigenvalue weighted by atomic mass is 16.5. The van der Waals surface area contributed by atoms with Crippen LogP contribution in [0.5, 0.6) is 0 Å². The molecule has 2 atom stereocenters. The van der Waals surface area contributed by atoms with E-state index in [1.54, 1.807) is 4.90 Å². The predicted octanol–water partition coefficient (Wildman–Crippen LogP) is 1.75. The highest BCUT2D eigenvalue weighted by Gasteiger charge is 2.54. The molecule has 0 saturated carbocycles. The summed E-state index contributed by atoms with van der Waals surface area (Å²) in [6, 6.07) is 0. The van der Waals surface area contributed by atoms with Gasteiger partial charge in [0.1, 0.15) is 0 Å². The highest BCUT2D eigenvalue weighted by Crippen LogP contribution is 2.42. The van der Waals surface area contributed by atoms with Crippen molar-refractivity contribution in [1.29, 1.82) is 0 Å². The first-order valence-corrected chi connectivity index (χ1v) is 9.81. The van der Waals surface area contributed by atoms with Crippen LogP contribution in [0.4, 0.5) is 0 Å². The number of rotatable bonds is 9. The zero-order chi connectivity index (χ0) is 19.2. The number of hydrogen-bond acceptors (Lipinski definition) is 4. The molecular formula is C19H32N2O5. The van der Waals surface area contributed by atoms with E-state index >= 15 is 0 Å². The number of likely N-dealkylation sites (tertiary alicyclic amines) is 1. The Morgan fingerprint density at radius 2 is 1.88 bits per heavy atom. The number of carbonyl (C=O) groups is 3. The van der Waals surface area contributed by atoms with Crippen molar-refractivity contribution in [3.63, 3.8) is 0 Å². The monoisotopic (exact) mass is 368 g/mol. The second kappa shape index (κ2) is 9.35. The van der Waals surface area contributed by atoms with E-state index in [9.17, 15) is 19.5 Å². The summed E-state index contributed by atoms with van der Waals surface area (Å²) in [5.74, 6) is -0.910. The van der Waals surface area contributed by atoms with E-state index in [1.807, 2.05) is 18.7 Å². The van der Waals surface area contributed by atoms with Gasteiger partial charge in [0.25, 0.3) is 0 Å². The molecule has 148 valence electrons. The van der Waals surface area contributed by atoms with E-state index in [2.05, 4.69) is 0 Å². The first-order valence-electron chi connectivity index (χ1n) is 9.81. The first-order chi connectivity index (χ1) is 12.4. The second-order valence-corrected chi connectivity index (χ2v) is 7.49. The lowest BCUT2D eigenvalue weighted by atomic mass is 9.74. The molecule has 2 amide bonds. The molecular weight excluding hydrogens is 336 g/mol. The molecule has 1 N–H and O–H groups in total. The summed E-state index contributed by atoms with van der Waals surface area (Å²) in [7, 11) is 0. The topological polar surface area (TPSA) is 87.2 Å². The molecule has 7 heteroatoms. The number of carbonyl (C=O) groups excluding carboxylic acids is 2. The maximum absolute atomic E-state index is 12.5. The normalized spacial score (nSPS) is 25.0. The summed E-state index contributed by atoms with van der Waals surface area (Å²) in [5.41, 5.74) is -0.858. The summed E-state index contributed by atoms with van der Waals surface area (Å²) >= 11 is 0. The molecule has 0 unspecified atom stereocenters. The van der Waals surface area contributed by atoms with Crippen LogP contribution in [0.25, 0.3) is 0 Å². The van der Waals surface area contributed by atoms with Crippen LogP contribution in [0, 0.1) is 11.3 Å². The number of carboxylic acid groups (broad SMARTS) is 1. The number of aliphatic carboxylic acids is 1. The molecule has 0 aromatic carbocycles. The van der Waals surface area contributed by atoms with E-state index in [0.717, 1.165) is 25.9 Å². The van der Waals surface area contributed by atoms with Crippen LogP contribution in [0.15, 0.2) is 0 Å². The van der Waals surface area contributed by atoms with Crippen LogP contribution in [-0.4, -0.2) is 72.1 Å². The minimum Gasteiger partial charge on any atom is -0.481 e. The molecule has 2 rings (SSSR count). The van der Waals surface area contributed by atoms with Crippen LogP contribution in [0.1, 0.15) is 52.4 Å². The fourth-order valence-electron chi connectivity index (χ4n) is 4.10. The van der Waals surface area contributed by atoms with Crippen molar-refractivity contribution < 1.29 is 24.2 Å². The summed E-state index contributed by atoms with van der Waals surface area (Å²) in [6.45, 7) is 7.16. The Balaban J connectivity index is 1.83. The Labute approximate surface area is 155 Å². The number of nitrogens with zero attached hydrogens (tertiary/aromatic N) is 2. The lowest BCUT2D eigenvalue weighted by Crippen LogP contribution is -2.45. The average Bonchev–Trinajstić information content (AvgIpc) is 3.02. The van der Waals surface area contributed by atoms with Gasteiger partial charge in [0.15, 0.2) is 0 Å². The zero-order valence-corrected chi connectivity index (χ0v) is 16.0. The van der Waals surface area contributed by atoms with Crippen LogP contribution in [-0.2, 0) is 19.1 Å². The Kier molecular flexibility index (Phi) is 7.43. The minimum absolute atomic E-state index is 0.0506. The van der Waals surface area contributed by atoms with E-state index < -0.39 is 11.4 Å². The summed E-state index contributed by atoms with van der Waals surface area (Å²) < 4.78 is 5.42. The van der Waals surface area contributed by atoms with Gasteiger partial charge >= 0.3 is 5.97 Å². The van der Waals surface area contributed by atoms with Crippen molar-refractivity contribution in [2.75, 3.05) is 39.4 Å². The molecule has 0 radical (unpaired) electrons. The van der Waals surface area contributed by atoms with Gasteiger partial charge in [-0.25, -0.2) is 0 Å². The predicted molar refractivity (Wildman–Crippen MR) is 96.6 cm³/mol. The van der Waals surface area contributed by atoms with Crippen molar-refractivity contribution >= 4 is 17.8 Å². The van der Waals surface area contributed by atoms with Crippen molar-refractivity contribution in [2.24, 2.45) is 11.3 Å². The third kappa shape index (κ3) is 4.55. The highest BCUT2D eigenvalue weighted by molar-refractivity contribution is 5.82. The minimum atomic E-state index is -0.858. The van der Waals surface area contributed by atoms with Crippen LogP contribution in [0.2, 0.25) is 0 Å². The van der Waals surface area contributed by atoms with Gasteiger partial charge in [-0.05, 0) is 25.7 Å². The standard InChI is InChI=1S/C19H32N2O5/c1-3-9-20(10-4-2)16(22)6-5-7-17(23)21-12-15-13-26-11-8-19(15,14-21)18(24)25/h15H,3-14H2,1-2H3,(H,24,25)/t15-,19+/m0/s1. The van der Waals surface area contributed by atoms with Crippen molar-refractivity contribution in [3.8, 4) is 0 Å². The molecule has 2 fully saturated rings. The Morgan fingerprint density at radius 1 is 1.19 bits per heavy atom. The summed E-state index contributed by atoms with van der Waals surface area (Å²) in [6.07, 6.45) is 3.49. The van der Waals surface area contributed by atoms with Gasteiger partial charge in [0, 0.05) is 51.5 Å². The number of carboxylic acids is 1. The van der Waals surface area contributed by atoms with Crippen LogP contribution < -0.4 is 0 Å². The number of ether oxygens (including phenoxy) is 1. The third-order valence-corrected chi connectivity index (χ3v) is 5.61. The van der Waals surface area contributed by atoms with E-state index in [1.165, 1.54) is 0 Å². The summed E-state index contributed by atoms with van der Waals surface area (Å²) in [4.78, 5) is 40.1. The van der Waals surface area contributed by atoms with Crippen LogP contribution >= 0.6 is 0 Å². The first kappa shape index (κ1) is 20.7. The van der Waals surface area contributed by atoms with E-state index in [0.29, 0.717) is 45.4 Å². The van der Waals surface area contributed by atoms with Gasteiger partial charge in [0.2, 0.25) is 11.8 Å². The van der Waals surface area contributed by atoms with Crippen molar-refractivity contribution in [1.82, 2.24) is 9.80 Å². The maximum atomic E-state index is 12.5. The van der Waals surface area contributed by atoms with E-state index in [4.69, 9.17) is 4.74 Å². The smallest absolute Gasteiger partial charge is 0.311 e. The largest absolute Gasteiger partial charge is 0.481 e. The maximum Gasteiger partial charge on any atom is 0.311 e. The van der Waals surface area contributed by atoms with Gasteiger partial charge in [-0.2, -0.15) is 0 Å². The third-order valence-electron chi connectivity index (χ3n) is 5.61. The molecule has 2 heterocycles. The van der Waals surface area contributed by atoms with Gasteiger partial charge in [-0.3, -0.25) is 14.4 Å². The molecule has 2 saturated heterocycles. The van der Waals surface area contributed by atoms with E-state index in [-0.39, 0.29) is 24.3 Å². The SMILES string of the molecule is CCCN(CCC)C(=O)CCCC(=O)N1C[C@H]2COCC[C@@]2(C(=O)O)C1. The van der Waals surface area contributed by atoms with Gasteiger partial charge in [-0.15, -0.1) is 0 Å². The van der Waals surface area contributed by atoms with Gasteiger partial charge < -0.3 is 19.6 Å². The Bertz CT molecular complexity index is 518. The van der Waals surface area contributed by atoms with Gasteiger partial charge in [0.05, 0.1) is 12.0 Å². The van der Waals surface area contributed by atoms with Gasteiger partial charge in [-0.1, -0.05) is 13.8 Å². The molecule has 7 nitrogen and oxygen atoms in total. The summed E-state index contributed by atoms with van der Waals surface area (Å²) in [5, 5.41) is 9.67. The Morgan fingerprint density at radius 3 is 2.46 bits per heavy atom. The molecule has 26 heavy (non-hydrogen) atoms. The number of fused-ring (bicyclic) bond motifs is 1. The van der Waals surface area contributed by atoms with Crippen molar-refractivity contribution in [3.05, 3.63) is 0 Å². The lowest BCUT2D eigenvalue weighted by Gasteiger charge is -2.33. The molecule has 0 aliphatic carbocycles. The molecule has 0 aromatic rings. The molecule has 0 spiro atoms.